The molecule has 1 saturated carbocycles. The van der Waals surface area contributed by atoms with E-state index in [4.69, 9.17) is 4.98 Å². The lowest BCUT2D eigenvalue weighted by Gasteiger charge is -2.16. The van der Waals surface area contributed by atoms with Crippen LogP contribution in [0.15, 0.2) is 30.4 Å². The number of nitrogens with one attached hydrogen (secondary N) is 1. The first-order valence-corrected chi connectivity index (χ1v) is 11.4. The Morgan fingerprint density at radius 2 is 1.80 bits per heavy atom. The van der Waals surface area contributed by atoms with Gasteiger partial charge in [-0.15, -0.1) is 0 Å². The molecule has 1 N–H and O–H groups in total. The molecule has 2 saturated heterocycles. The van der Waals surface area contributed by atoms with Gasteiger partial charge in [0.15, 0.2) is 5.13 Å². The fourth-order valence-corrected chi connectivity index (χ4v) is 6.55. The van der Waals surface area contributed by atoms with Crippen LogP contribution < -0.4 is 10.2 Å². The van der Waals surface area contributed by atoms with Crippen molar-refractivity contribution in [3.05, 3.63) is 30.4 Å². The van der Waals surface area contributed by atoms with Gasteiger partial charge in [0.2, 0.25) is 17.7 Å². The van der Waals surface area contributed by atoms with E-state index in [1.54, 1.807) is 11.3 Å². The second-order valence-corrected chi connectivity index (χ2v) is 9.69. The zero-order valence-corrected chi connectivity index (χ0v) is 17.2. The van der Waals surface area contributed by atoms with E-state index < -0.39 is 0 Å². The van der Waals surface area contributed by atoms with Crippen molar-refractivity contribution in [3.8, 4) is 0 Å². The molecular formula is C22H22N4O3S. The van der Waals surface area contributed by atoms with Crippen LogP contribution in [-0.2, 0) is 14.4 Å². The fourth-order valence-electron chi connectivity index (χ4n) is 5.50. The highest BCUT2D eigenvalue weighted by molar-refractivity contribution is 7.22. The molecule has 7 nitrogen and oxygen atoms in total. The summed E-state index contributed by atoms with van der Waals surface area (Å²) in [4.78, 5) is 46.3. The normalized spacial score (nSPS) is 29.5. The molecule has 1 aromatic carbocycles. The summed E-state index contributed by atoms with van der Waals surface area (Å²) in [6.07, 6.45) is 7.40. The van der Waals surface area contributed by atoms with E-state index in [2.05, 4.69) is 22.4 Å². The highest BCUT2D eigenvalue weighted by Gasteiger charge is 2.59. The molecule has 154 valence electrons. The summed E-state index contributed by atoms with van der Waals surface area (Å²) in [5, 5.41) is 3.87. The van der Waals surface area contributed by atoms with Crippen LogP contribution in [0.25, 0.3) is 10.2 Å². The van der Waals surface area contributed by atoms with Crippen LogP contribution in [0.4, 0.5) is 10.8 Å². The minimum absolute atomic E-state index is 0.156. The number of amides is 3. The van der Waals surface area contributed by atoms with Crippen molar-refractivity contribution in [1.29, 1.82) is 0 Å². The van der Waals surface area contributed by atoms with Gasteiger partial charge in [0.05, 0.1) is 22.1 Å². The minimum Gasteiger partial charge on any atom is -0.348 e. The van der Waals surface area contributed by atoms with E-state index in [1.165, 1.54) is 12.8 Å². The Morgan fingerprint density at radius 1 is 1.10 bits per heavy atom. The average Bonchev–Trinajstić information content (AvgIpc) is 3.53. The van der Waals surface area contributed by atoms with Crippen LogP contribution >= 0.6 is 11.3 Å². The number of hydrogen-bond acceptors (Lipinski definition) is 6. The Kier molecular flexibility index (Phi) is 3.99. The maximum atomic E-state index is 12.8. The standard InChI is InChI=1S/C22H22N4O3S/c27-17(11-26-20(28)18-12-3-4-13(9-12)19(18)21(26)29)23-14-5-6-15-16(10-14)30-22(24-15)25-7-1-2-8-25/h3-6,10,12-13,18-19H,1-2,7-9,11H2,(H,23,27)/t12-,13-,18-,19-/m0/s1. The van der Waals surface area contributed by atoms with E-state index in [0.29, 0.717) is 5.69 Å². The number of anilines is 2. The molecule has 0 radical (unpaired) electrons. The van der Waals surface area contributed by atoms with E-state index >= 15 is 0 Å². The van der Waals surface area contributed by atoms with Crippen molar-refractivity contribution in [2.75, 3.05) is 29.9 Å². The Labute approximate surface area is 177 Å². The first-order chi connectivity index (χ1) is 14.6. The molecular weight excluding hydrogens is 400 g/mol. The maximum Gasteiger partial charge on any atom is 0.244 e. The molecule has 2 aliphatic heterocycles. The molecule has 3 heterocycles. The molecule has 8 heteroatoms. The predicted octanol–water partition coefficient (Wildman–Crippen LogP) is 2.64. The number of nitrogens with zero attached hydrogens (tertiary/aromatic N) is 3. The van der Waals surface area contributed by atoms with Crippen molar-refractivity contribution >= 4 is 50.1 Å². The second-order valence-electron chi connectivity index (χ2n) is 8.68. The van der Waals surface area contributed by atoms with Crippen LogP contribution in [0.5, 0.6) is 0 Å². The molecule has 1 aromatic heterocycles. The number of thiazole rings is 1. The van der Waals surface area contributed by atoms with Gasteiger partial charge >= 0.3 is 0 Å². The Hall–Kier alpha value is -2.74. The largest absolute Gasteiger partial charge is 0.348 e. The van der Waals surface area contributed by atoms with Gasteiger partial charge in [0, 0.05) is 18.8 Å². The van der Waals surface area contributed by atoms with E-state index in [0.717, 1.165) is 39.8 Å². The zero-order valence-electron chi connectivity index (χ0n) is 16.4. The molecule has 2 aromatic rings. The monoisotopic (exact) mass is 422 g/mol. The zero-order chi connectivity index (χ0) is 20.4. The highest BCUT2D eigenvalue weighted by Crippen LogP contribution is 2.52. The van der Waals surface area contributed by atoms with Crippen molar-refractivity contribution in [2.45, 2.75) is 19.3 Å². The van der Waals surface area contributed by atoms with Crippen molar-refractivity contribution in [3.63, 3.8) is 0 Å². The minimum atomic E-state index is -0.347. The maximum absolute atomic E-state index is 12.8. The summed E-state index contributed by atoms with van der Waals surface area (Å²) in [6, 6.07) is 5.64. The van der Waals surface area contributed by atoms with Gasteiger partial charge in [-0.25, -0.2) is 4.98 Å². The van der Waals surface area contributed by atoms with Crippen LogP contribution in [0.1, 0.15) is 19.3 Å². The molecule has 2 bridgehead atoms. The summed E-state index contributed by atoms with van der Waals surface area (Å²) in [7, 11) is 0. The number of carbonyl (C=O) groups excluding carboxylic acids is 3. The van der Waals surface area contributed by atoms with Gasteiger partial charge in [-0.2, -0.15) is 0 Å². The van der Waals surface area contributed by atoms with Crippen LogP contribution in [0.3, 0.4) is 0 Å². The second kappa shape index (κ2) is 6.63. The quantitative estimate of drug-likeness (QED) is 0.605. The SMILES string of the molecule is O=C(CN1C(=O)[C@@H]2[C@@H](C1=O)[C@H]1C=C[C@H]2C1)Nc1ccc2nc(N3CCCC3)sc2c1. The number of benzene rings is 1. The molecule has 30 heavy (non-hydrogen) atoms. The van der Waals surface area contributed by atoms with Gasteiger partial charge in [-0.1, -0.05) is 23.5 Å². The lowest BCUT2D eigenvalue weighted by Crippen LogP contribution is -2.39. The van der Waals surface area contributed by atoms with E-state index in [9.17, 15) is 14.4 Å². The van der Waals surface area contributed by atoms with E-state index in [1.807, 2.05) is 18.2 Å². The molecule has 2 aliphatic carbocycles. The number of rotatable bonds is 4. The Balaban J connectivity index is 1.15. The first-order valence-electron chi connectivity index (χ1n) is 10.6. The summed E-state index contributed by atoms with van der Waals surface area (Å²) in [5.41, 5.74) is 1.57. The number of likely N-dealkylation sites (tertiary alicyclic amines) is 1. The predicted molar refractivity (Wildman–Crippen MR) is 114 cm³/mol. The van der Waals surface area contributed by atoms with Gasteiger partial charge < -0.3 is 10.2 Å². The van der Waals surface area contributed by atoms with Gasteiger partial charge in [-0.05, 0) is 49.3 Å². The van der Waals surface area contributed by atoms with Gasteiger partial charge in [0.25, 0.3) is 0 Å². The molecule has 3 fully saturated rings. The van der Waals surface area contributed by atoms with E-state index in [-0.39, 0.29) is 47.9 Å². The molecule has 4 aliphatic rings. The van der Waals surface area contributed by atoms with Crippen LogP contribution in [0, 0.1) is 23.7 Å². The van der Waals surface area contributed by atoms with Gasteiger partial charge in [-0.3, -0.25) is 19.3 Å². The average molecular weight is 423 g/mol. The summed E-state index contributed by atoms with van der Waals surface area (Å²) >= 11 is 1.63. The summed E-state index contributed by atoms with van der Waals surface area (Å²) in [6.45, 7) is 1.87. The molecule has 0 unspecified atom stereocenters. The fraction of sp³-hybridized carbons (Fsp3) is 0.455. The number of carbonyl (C=O) groups is 3. The van der Waals surface area contributed by atoms with Crippen LogP contribution in [-0.4, -0.2) is 47.2 Å². The number of imide groups is 1. The third kappa shape index (κ3) is 2.70. The van der Waals surface area contributed by atoms with Crippen molar-refractivity contribution in [2.24, 2.45) is 23.7 Å². The third-order valence-electron chi connectivity index (χ3n) is 6.90. The number of fused-ring (bicyclic) bond motifs is 6. The number of aromatic nitrogens is 1. The van der Waals surface area contributed by atoms with Crippen molar-refractivity contribution < 1.29 is 14.4 Å². The topological polar surface area (TPSA) is 82.6 Å². The molecule has 4 atom stereocenters. The Bertz CT molecular complexity index is 1070. The smallest absolute Gasteiger partial charge is 0.244 e. The lowest BCUT2D eigenvalue weighted by atomic mass is 9.85. The number of hydrogen-bond donors (Lipinski definition) is 1. The summed E-state index contributed by atoms with van der Waals surface area (Å²) in [5.74, 6) is -0.947. The highest BCUT2D eigenvalue weighted by atomic mass is 32.1. The summed E-state index contributed by atoms with van der Waals surface area (Å²) < 4.78 is 1.01. The first kappa shape index (κ1) is 18.1. The van der Waals surface area contributed by atoms with Crippen LogP contribution in [0.2, 0.25) is 0 Å². The van der Waals surface area contributed by atoms with Crippen molar-refractivity contribution in [1.82, 2.24) is 9.88 Å². The molecule has 6 rings (SSSR count). The Morgan fingerprint density at radius 3 is 2.50 bits per heavy atom. The molecule has 3 amide bonds. The number of allylic oxidation sites excluding steroid dienone is 2. The molecule has 0 spiro atoms. The lowest BCUT2D eigenvalue weighted by molar-refractivity contribution is -0.143. The van der Waals surface area contributed by atoms with Gasteiger partial charge in [0.1, 0.15) is 6.54 Å². The third-order valence-corrected chi connectivity index (χ3v) is 7.98.